The first-order valence-corrected chi connectivity index (χ1v) is 10.2. The molecule has 27 heavy (non-hydrogen) atoms. The third kappa shape index (κ3) is 7.05. The Labute approximate surface area is 165 Å². The molecule has 2 nitrogen and oxygen atoms in total. The molecule has 0 spiro atoms. The minimum Gasteiger partial charge on any atom is -0.372 e. The molecular formula is C25H33NO. The molecule has 1 aliphatic rings. The van der Waals surface area contributed by atoms with Gasteiger partial charge in [0, 0.05) is 30.8 Å². The number of rotatable bonds is 10. The summed E-state index contributed by atoms with van der Waals surface area (Å²) in [6.45, 7) is 8.28. The molecule has 0 atom stereocenters. The maximum Gasteiger partial charge on any atom is 0.162 e. The van der Waals surface area contributed by atoms with Crippen molar-refractivity contribution in [2.45, 2.75) is 52.9 Å². The van der Waals surface area contributed by atoms with Gasteiger partial charge in [-0.2, -0.15) is 0 Å². The first kappa shape index (κ1) is 21.0. The molecule has 1 aromatic rings. The lowest BCUT2D eigenvalue weighted by Crippen LogP contribution is -2.23. The van der Waals surface area contributed by atoms with Crippen LogP contribution in [0.15, 0.2) is 72.0 Å². The molecule has 0 fully saturated rings. The third-order valence-corrected chi connectivity index (χ3v) is 4.97. The number of hydrogen-bond donors (Lipinski definition) is 0. The van der Waals surface area contributed by atoms with Crippen LogP contribution in [0.2, 0.25) is 0 Å². The van der Waals surface area contributed by atoms with Gasteiger partial charge in [0.05, 0.1) is 0 Å². The van der Waals surface area contributed by atoms with Crippen LogP contribution < -0.4 is 0 Å². The van der Waals surface area contributed by atoms with Gasteiger partial charge in [0.1, 0.15) is 0 Å². The number of carbonyl (C=O) groups excluding carboxylic acids is 1. The molecule has 0 saturated carbocycles. The molecule has 0 saturated heterocycles. The van der Waals surface area contributed by atoms with Crippen molar-refractivity contribution in [1.29, 1.82) is 0 Å². The van der Waals surface area contributed by atoms with Gasteiger partial charge >= 0.3 is 0 Å². The standard InChI is InChI=1S/C25H33NO/c1-4-24(19-16-22-11-7-6-8-12-22)26(5-2)20-10-9-13-25(27)23-17-14-21(3)15-18-23/h4,7,11-12,14-19H,5-6,8-10,13,20H2,1-3H3/b19-16+,24-4-. The van der Waals surface area contributed by atoms with E-state index >= 15 is 0 Å². The Hall–Kier alpha value is -2.35. The molecule has 0 aliphatic heterocycles. The van der Waals surface area contributed by atoms with Crippen LogP contribution in [-0.2, 0) is 0 Å². The van der Waals surface area contributed by atoms with Crippen molar-refractivity contribution in [3.05, 3.63) is 83.1 Å². The summed E-state index contributed by atoms with van der Waals surface area (Å²) < 4.78 is 0. The summed E-state index contributed by atoms with van der Waals surface area (Å²) in [5, 5.41) is 0. The molecule has 0 radical (unpaired) electrons. The highest BCUT2D eigenvalue weighted by Gasteiger charge is 2.08. The van der Waals surface area contributed by atoms with Crippen molar-refractivity contribution >= 4 is 5.78 Å². The van der Waals surface area contributed by atoms with Crippen LogP contribution in [0.25, 0.3) is 0 Å². The van der Waals surface area contributed by atoms with Crippen LogP contribution in [0.4, 0.5) is 0 Å². The SMILES string of the molecule is C/C=C(/C=C/C1=CCCC=C1)N(CC)CCCCC(=O)c1ccc(C)cc1. The lowest BCUT2D eigenvalue weighted by atomic mass is 10.0. The summed E-state index contributed by atoms with van der Waals surface area (Å²) >= 11 is 0. The second-order valence-electron chi connectivity index (χ2n) is 7.06. The van der Waals surface area contributed by atoms with E-state index < -0.39 is 0 Å². The Balaban J connectivity index is 1.80. The van der Waals surface area contributed by atoms with Crippen LogP contribution in [0.1, 0.15) is 61.9 Å². The number of benzene rings is 1. The number of carbonyl (C=O) groups is 1. The van der Waals surface area contributed by atoms with E-state index in [1.165, 1.54) is 16.8 Å². The topological polar surface area (TPSA) is 20.3 Å². The highest BCUT2D eigenvalue weighted by atomic mass is 16.1. The minimum atomic E-state index is 0.250. The fraction of sp³-hybridized carbons (Fsp3) is 0.400. The van der Waals surface area contributed by atoms with Gasteiger partial charge in [-0.05, 0) is 58.1 Å². The molecule has 0 amide bonds. The Morgan fingerprint density at radius 2 is 1.93 bits per heavy atom. The van der Waals surface area contributed by atoms with E-state index in [1.54, 1.807) is 0 Å². The minimum absolute atomic E-state index is 0.250. The van der Waals surface area contributed by atoms with Crippen LogP contribution in [0.3, 0.4) is 0 Å². The lowest BCUT2D eigenvalue weighted by Gasteiger charge is -2.24. The molecule has 0 unspecified atom stereocenters. The number of ketones is 1. The predicted molar refractivity (Wildman–Crippen MR) is 116 cm³/mol. The molecule has 2 heteroatoms. The fourth-order valence-corrected chi connectivity index (χ4v) is 3.26. The Morgan fingerprint density at radius 3 is 2.56 bits per heavy atom. The number of aryl methyl sites for hydroxylation is 1. The summed E-state index contributed by atoms with van der Waals surface area (Å²) in [6.07, 6.45) is 18.2. The van der Waals surface area contributed by atoms with E-state index in [4.69, 9.17) is 0 Å². The Bertz CT molecular complexity index is 719. The Morgan fingerprint density at radius 1 is 1.15 bits per heavy atom. The van der Waals surface area contributed by atoms with Gasteiger partial charge in [0.25, 0.3) is 0 Å². The zero-order chi connectivity index (χ0) is 19.5. The quantitative estimate of drug-likeness (QED) is 0.272. The van der Waals surface area contributed by atoms with Crippen LogP contribution in [-0.4, -0.2) is 23.8 Å². The number of allylic oxidation sites excluding steroid dienone is 7. The average molecular weight is 364 g/mol. The van der Waals surface area contributed by atoms with Gasteiger partial charge in [-0.25, -0.2) is 0 Å². The molecule has 0 heterocycles. The number of nitrogens with zero attached hydrogens (tertiary/aromatic N) is 1. The number of Topliss-reactive ketones (excluding diaryl/α,β-unsaturated/α-hetero) is 1. The highest BCUT2D eigenvalue weighted by Crippen LogP contribution is 2.15. The summed E-state index contributed by atoms with van der Waals surface area (Å²) in [5.41, 5.74) is 4.57. The highest BCUT2D eigenvalue weighted by molar-refractivity contribution is 5.96. The second-order valence-corrected chi connectivity index (χ2v) is 7.06. The average Bonchev–Trinajstić information content (AvgIpc) is 2.70. The van der Waals surface area contributed by atoms with Gasteiger partial charge in [0.15, 0.2) is 5.78 Å². The first-order chi connectivity index (χ1) is 13.1. The maximum absolute atomic E-state index is 12.3. The zero-order valence-electron chi connectivity index (χ0n) is 17.1. The van der Waals surface area contributed by atoms with E-state index in [1.807, 2.05) is 31.2 Å². The van der Waals surface area contributed by atoms with E-state index in [0.29, 0.717) is 6.42 Å². The molecule has 0 bridgehead atoms. The van der Waals surface area contributed by atoms with Gasteiger partial charge in [-0.15, -0.1) is 0 Å². The van der Waals surface area contributed by atoms with Crippen LogP contribution in [0, 0.1) is 6.92 Å². The largest absolute Gasteiger partial charge is 0.372 e. The van der Waals surface area contributed by atoms with Crippen molar-refractivity contribution in [2.75, 3.05) is 13.1 Å². The number of likely N-dealkylation sites (N-methyl/N-ethyl adjacent to an activating group) is 1. The van der Waals surface area contributed by atoms with E-state index in [0.717, 1.165) is 44.3 Å². The molecular weight excluding hydrogens is 330 g/mol. The predicted octanol–water partition coefficient (Wildman–Crippen LogP) is 6.41. The second kappa shape index (κ2) is 11.4. The molecule has 1 aromatic carbocycles. The van der Waals surface area contributed by atoms with E-state index in [2.05, 4.69) is 55.2 Å². The van der Waals surface area contributed by atoms with Gasteiger partial charge in [0.2, 0.25) is 0 Å². The monoisotopic (exact) mass is 363 g/mol. The fourth-order valence-electron chi connectivity index (χ4n) is 3.26. The summed E-state index contributed by atoms with van der Waals surface area (Å²) in [6, 6.07) is 7.89. The third-order valence-electron chi connectivity index (χ3n) is 4.97. The summed E-state index contributed by atoms with van der Waals surface area (Å²) in [7, 11) is 0. The van der Waals surface area contributed by atoms with Crippen molar-refractivity contribution < 1.29 is 4.79 Å². The number of hydrogen-bond acceptors (Lipinski definition) is 2. The van der Waals surface area contributed by atoms with Gasteiger partial charge < -0.3 is 4.90 Å². The number of unbranched alkanes of at least 4 members (excludes halogenated alkanes) is 1. The van der Waals surface area contributed by atoms with Crippen molar-refractivity contribution in [3.8, 4) is 0 Å². The smallest absolute Gasteiger partial charge is 0.162 e. The Kier molecular flexibility index (Phi) is 8.83. The van der Waals surface area contributed by atoms with E-state index in [-0.39, 0.29) is 5.78 Å². The summed E-state index contributed by atoms with van der Waals surface area (Å²) in [4.78, 5) is 14.7. The van der Waals surface area contributed by atoms with Gasteiger partial charge in [-0.3, -0.25) is 4.79 Å². The van der Waals surface area contributed by atoms with Crippen LogP contribution >= 0.6 is 0 Å². The van der Waals surface area contributed by atoms with Crippen molar-refractivity contribution in [3.63, 3.8) is 0 Å². The molecule has 0 aromatic heterocycles. The van der Waals surface area contributed by atoms with Gasteiger partial charge in [-0.1, -0.05) is 60.2 Å². The normalized spacial score (nSPS) is 14.5. The molecule has 2 rings (SSSR count). The first-order valence-electron chi connectivity index (χ1n) is 10.2. The molecule has 1 aliphatic carbocycles. The van der Waals surface area contributed by atoms with Crippen molar-refractivity contribution in [2.24, 2.45) is 0 Å². The summed E-state index contributed by atoms with van der Waals surface area (Å²) in [5.74, 6) is 0.250. The molecule has 144 valence electrons. The van der Waals surface area contributed by atoms with Crippen molar-refractivity contribution in [1.82, 2.24) is 4.90 Å². The zero-order valence-corrected chi connectivity index (χ0v) is 17.1. The van der Waals surface area contributed by atoms with Crippen LogP contribution in [0.5, 0.6) is 0 Å². The lowest BCUT2D eigenvalue weighted by molar-refractivity contribution is 0.0978. The maximum atomic E-state index is 12.3. The molecule has 0 N–H and O–H groups in total. The van der Waals surface area contributed by atoms with E-state index in [9.17, 15) is 4.79 Å².